The number of nitrogens with zero attached hydrogens (tertiary/aromatic N) is 1. The van der Waals surface area contributed by atoms with Gasteiger partial charge in [0, 0.05) is 19.3 Å². The van der Waals surface area contributed by atoms with Crippen LogP contribution in [0.15, 0.2) is 40.9 Å². The Kier molecular flexibility index (Phi) is 10.6. The summed E-state index contributed by atoms with van der Waals surface area (Å²) in [7, 11) is 0. The van der Waals surface area contributed by atoms with E-state index in [9.17, 15) is 0 Å². The number of hydrogen-bond donors (Lipinski definition) is 0. The molecule has 5 nitrogen and oxygen atoms in total. The second-order valence-electron chi connectivity index (χ2n) is 4.61. The van der Waals surface area contributed by atoms with Crippen molar-refractivity contribution in [2.45, 2.75) is 33.8 Å². The van der Waals surface area contributed by atoms with Crippen LogP contribution < -0.4 is 4.74 Å². The molecule has 0 aliphatic rings. The third-order valence-corrected chi connectivity index (χ3v) is 2.74. The molecule has 2 rings (SSSR count). The first kappa shape index (κ1) is 19.2. The van der Waals surface area contributed by atoms with Gasteiger partial charge in [-0.15, -0.1) is 0 Å². The number of benzene rings is 1. The molecule has 0 N–H and O–H groups in total. The van der Waals surface area contributed by atoms with Gasteiger partial charge in [0.05, 0.1) is 13.2 Å². The zero-order valence-electron chi connectivity index (χ0n) is 14.3. The molecule has 0 amide bonds. The summed E-state index contributed by atoms with van der Waals surface area (Å²) < 4.78 is 21.4. The van der Waals surface area contributed by atoms with Gasteiger partial charge in [-0.3, -0.25) is 0 Å². The van der Waals surface area contributed by atoms with E-state index in [4.69, 9.17) is 18.7 Å². The molecule has 0 fully saturated rings. The molecule has 0 atom stereocenters. The van der Waals surface area contributed by atoms with Gasteiger partial charge in [0.1, 0.15) is 23.8 Å². The molecule has 0 radical (unpaired) electrons. The second kappa shape index (κ2) is 12.7. The third-order valence-electron chi connectivity index (χ3n) is 2.74. The molecule has 0 aliphatic carbocycles. The van der Waals surface area contributed by atoms with Crippen molar-refractivity contribution in [1.82, 2.24) is 5.16 Å². The summed E-state index contributed by atoms with van der Waals surface area (Å²) in [5, 5.41) is 3.86. The molecule has 0 saturated carbocycles. The molecule has 0 bridgehead atoms. The lowest BCUT2D eigenvalue weighted by molar-refractivity contribution is 0.0617. The highest BCUT2D eigenvalue weighted by Crippen LogP contribution is 2.07. The Morgan fingerprint density at radius 1 is 0.957 bits per heavy atom. The van der Waals surface area contributed by atoms with Crippen molar-refractivity contribution in [2.24, 2.45) is 0 Å². The van der Waals surface area contributed by atoms with Gasteiger partial charge in [-0.05, 0) is 25.5 Å². The first-order valence-corrected chi connectivity index (χ1v) is 8.10. The van der Waals surface area contributed by atoms with Crippen LogP contribution in [0, 0.1) is 6.92 Å². The molecule has 0 aliphatic heterocycles. The zero-order valence-corrected chi connectivity index (χ0v) is 14.3. The van der Waals surface area contributed by atoms with Crippen molar-refractivity contribution in [1.29, 1.82) is 0 Å². The average Bonchev–Trinajstić information content (AvgIpc) is 3.01. The lowest BCUT2D eigenvalue weighted by Crippen LogP contribution is -2.08. The Bertz CT molecular complexity index is 499. The largest absolute Gasteiger partial charge is 0.491 e. The second-order valence-corrected chi connectivity index (χ2v) is 4.61. The minimum Gasteiger partial charge on any atom is -0.491 e. The van der Waals surface area contributed by atoms with E-state index in [0.717, 1.165) is 23.6 Å². The lowest BCUT2D eigenvalue weighted by atomic mass is 10.3. The average molecular weight is 321 g/mol. The topological polar surface area (TPSA) is 53.7 Å². The molecular weight excluding hydrogens is 294 g/mol. The van der Waals surface area contributed by atoms with Gasteiger partial charge in [0.25, 0.3) is 0 Å². The van der Waals surface area contributed by atoms with E-state index in [1.54, 1.807) is 0 Å². The van der Waals surface area contributed by atoms with E-state index >= 15 is 0 Å². The summed E-state index contributed by atoms with van der Waals surface area (Å²) in [5.41, 5.74) is 0.824. The fourth-order valence-electron chi connectivity index (χ4n) is 1.76. The van der Waals surface area contributed by atoms with Crippen molar-refractivity contribution in [3.8, 4) is 5.75 Å². The van der Waals surface area contributed by atoms with Crippen molar-refractivity contribution in [3.05, 3.63) is 47.9 Å². The van der Waals surface area contributed by atoms with Crippen LogP contribution in [-0.4, -0.2) is 31.6 Å². The fourth-order valence-corrected chi connectivity index (χ4v) is 1.76. The Morgan fingerprint density at radius 3 is 2.39 bits per heavy atom. The van der Waals surface area contributed by atoms with E-state index in [2.05, 4.69) is 5.16 Å². The van der Waals surface area contributed by atoms with Crippen LogP contribution in [0.1, 0.15) is 31.7 Å². The SMILES string of the molecule is CC.Cc1cc(COCCCOCCOc2ccccc2)no1. The summed E-state index contributed by atoms with van der Waals surface area (Å²) in [6.07, 6.45) is 0.849. The highest BCUT2D eigenvalue weighted by atomic mass is 16.5. The van der Waals surface area contributed by atoms with E-state index in [-0.39, 0.29) is 0 Å². The fraction of sp³-hybridized carbons (Fsp3) is 0.500. The highest BCUT2D eigenvalue weighted by molar-refractivity contribution is 5.20. The smallest absolute Gasteiger partial charge is 0.134 e. The minimum absolute atomic E-state index is 0.481. The maximum Gasteiger partial charge on any atom is 0.134 e. The molecule has 0 unspecified atom stereocenters. The number of aryl methyl sites for hydroxylation is 1. The van der Waals surface area contributed by atoms with Crippen molar-refractivity contribution in [3.63, 3.8) is 0 Å². The Labute approximate surface area is 138 Å². The van der Waals surface area contributed by atoms with Gasteiger partial charge in [-0.2, -0.15) is 0 Å². The molecule has 2 aromatic rings. The Balaban J connectivity index is 0.00000127. The number of ether oxygens (including phenoxy) is 3. The monoisotopic (exact) mass is 321 g/mol. The quantitative estimate of drug-likeness (QED) is 0.619. The van der Waals surface area contributed by atoms with Crippen LogP contribution in [0.25, 0.3) is 0 Å². The number of aromatic nitrogens is 1. The van der Waals surface area contributed by atoms with E-state index in [1.807, 2.05) is 57.2 Å². The molecule has 1 heterocycles. The van der Waals surface area contributed by atoms with Crippen LogP contribution in [0.4, 0.5) is 0 Å². The molecule has 23 heavy (non-hydrogen) atoms. The summed E-state index contributed by atoms with van der Waals surface area (Å²) in [4.78, 5) is 0. The van der Waals surface area contributed by atoms with Crippen LogP contribution in [0.3, 0.4) is 0 Å². The van der Waals surface area contributed by atoms with E-state index in [1.165, 1.54) is 0 Å². The maximum atomic E-state index is 5.52. The molecule has 1 aromatic heterocycles. The van der Waals surface area contributed by atoms with E-state index < -0.39 is 0 Å². The van der Waals surface area contributed by atoms with Gasteiger partial charge in [0.2, 0.25) is 0 Å². The summed E-state index contributed by atoms with van der Waals surface area (Å²) >= 11 is 0. The molecule has 0 saturated heterocycles. The van der Waals surface area contributed by atoms with Crippen LogP contribution >= 0.6 is 0 Å². The zero-order chi connectivity index (χ0) is 16.8. The minimum atomic E-state index is 0.481. The maximum absolute atomic E-state index is 5.52. The predicted molar refractivity (Wildman–Crippen MR) is 89.6 cm³/mol. The summed E-state index contributed by atoms with van der Waals surface area (Å²) in [6, 6.07) is 11.6. The van der Waals surface area contributed by atoms with Gasteiger partial charge >= 0.3 is 0 Å². The molecule has 5 heteroatoms. The normalized spacial score (nSPS) is 10.0. The van der Waals surface area contributed by atoms with Crippen molar-refractivity contribution < 1.29 is 18.7 Å². The Hall–Kier alpha value is -1.85. The van der Waals surface area contributed by atoms with Gasteiger partial charge in [-0.1, -0.05) is 37.2 Å². The first-order chi connectivity index (χ1) is 11.3. The summed E-state index contributed by atoms with van der Waals surface area (Å²) in [5.74, 6) is 1.67. The van der Waals surface area contributed by atoms with Gasteiger partial charge in [0.15, 0.2) is 0 Å². The van der Waals surface area contributed by atoms with E-state index in [0.29, 0.717) is 33.0 Å². The molecule has 1 aromatic carbocycles. The number of hydrogen-bond acceptors (Lipinski definition) is 5. The van der Waals surface area contributed by atoms with Crippen LogP contribution in [-0.2, 0) is 16.1 Å². The molecule has 0 spiro atoms. The first-order valence-electron chi connectivity index (χ1n) is 8.10. The standard InChI is InChI=1S/C16H21NO4.C2H6/c1-14-12-15(17-21-14)13-19-9-5-8-18-10-11-20-16-6-3-2-4-7-16;1-2/h2-4,6-7,12H,5,8-11,13H2,1H3;1-2H3. The highest BCUT2D eigenvalue weighted by Gasteiger charge is 1.99. The lowest BCUT2D eigenvalue weighted by Gasteiger charge is -2.07. The van der Waals surface area contributed by atoms with Gasteiger partial charge < -0.3 is 18.7 Å². The summed E-state index contributed by atoms with van der Waals surface area (Å²) in [6.45, 7) is 8.79. The third kappa shape index (κ3) is 9.01. The van der Waals surface area contributed by atoms with Crippen LogP contribution in [0.5, 0.6) is 5.75 Å². The van der Waals surface area contributed by atoms with Crippen molar-refractivity contribution >= 4 is 0 Å². The van der Waals surface area contributed by atoms with Gasteiger partial charge in [-0.25, -0.2) is 0 Å². The Morgan fingerprint density at radius 2 is 1.70 bits per heavy atom. The number of para-hydroxylation sites is 1. The molecular formula is C18H27NO4. The van der Waals surface area contributed by atoms with Crippen LogP contribution in [0.2, 0.25) is 0 Å². The molecule has 128 valence electrons. The predicted octanol–water partition coefficient (Wildman–Crippen LogP) is 4.01. The number of rotatable bonds is 10. The van der Waals surface area contributed by atoms with Crippen molar-refractivity contribution in [2.75, 3.05) is 26.4 Å².